The molecule has 8 nitrogen and oxygen atoms in total. The fourth-order valence-corrected chi connectivity index (χ4v) is 4.21. The Bertz CT molecular complexity index is 1160. The molecule has 0 unspecified atom stereocenters. The van der Waals surface area contributed by atoms with Crippen LogP contribution in [0.5, 0.6) is 11.5 Å². The molecule has 1 aliphatic rings. The zero-order valence-electron chi connectivity index (χ0n) is 16.3. The third-order valence-electron chi connectivity index (χ3n) is 3.90. The summed E-state index contributed by atoms with van der Waals surface area (Å²) in [6.07, 6.45) is 1.58. The first kappa shape index (κ1) is 25.1. The van der Waals surface area contributed by atoms with Crippen molar-refractivity contribution in [3.8, 4) is 11.5 Å². The molecule has 13 heteroatoms. The molecule has 2 N–H and O–H groups in total. The van der Waals surface area contributed by atoms with Gasteiger partial charge in [0.25, 0.3) is 11.8 Å². The Morgan fingerprint density at radius 3 is 2.39 bits per heavy atom. The van der Waals surface area contributed by atoms with Gasteiger partial charge in [-0.15, -0.1) is 0 Å². The van der Waals surface area contributed by atoms with Crippen molar-refractivity contribution in [2.24, 2.45) is 0 Å². The van der Waals surface area contributed by atoms with Crippen molar-refractivity contribution >= 4 is 87.0 Å². The average molecular weight is 548 g/mol. The minimum Gasteiger partial charge on any atom is -0.482 e. The molecule has 1 fully saturated rings. The number of hydrogen-bond acceptors (Lipinski definition) is 7. The van der Waals surface area contributed by atoms with E-state index in [0.717, 1.165) is 16.8 Å². The number of nitrogens with one attached hydrogen (secondary N) is 1. The second kappa shape index (κ2) is 11.1. The van der Waals surface area contributed by atoms with E-state index in [-0.39, 0.29) is 30.0 Å². The number of nitrogens with zero attached hydrogens (tertiary/aromatic N) is 1. The lowest BCUT2D eigenvalue weighted by atomic mass is 10.2. The molecule has 172 valence electrons. The predicted octanol–water partition coefficient (Wildman–Crippen LogP) is 4.42. The van der Waals surface area contributed by atoms with Crippen molar-refractivity contribution in [3.63, 3.8) is 0 Å². The topological polar surface area (TPSA) is 105 Å². The van der Waals surface area contributed by atoms with E-state index in [1.54, 1.807) is 30.3 Å². The van der Waals surface area contributed by atoms with Gasteiger partial charge >= 0.3 is 5.97 Å². The van der Waals surface area contributed by atoms with E-state index in [0.29, 0.717) is 11.3 Å². The monoisotopic (exact) mass is 546 g/mol. The first-order valence-electron chi connectivity index (χ1n) is 8.93. The summed E-state index contributed by atoms with van der Waals surface area (Å²) in [5.41, 5.74) is 3.04. The van der Waals surface area contributed by atoms with Gasteiger partial charge in [0.1, 0.15) is 11.5 Å². The number of ether oxygens (including phenoxy) is 2. The summed E-state index contributed by atoms with van der Waals surface area (Å²) in [5, 5.41) is 10.2. The second-order valence-electron chi connectivity index (χ2n) is 6.29. The minimum absolute atomic E-state index is 0.133. The van der Waals surface area contributed by atoms with Gasteiger partial charge in [-0.2, -0.15) is 5.01 Å². The van der Waals surface area contributed by atoms with Gasteiger partial charge < -0.3 is 14.6 Å². The van der Waals surface area contributed by atoms with Crippen molar-refractivity contribution in [3.05, 3.63) is 61.9 Å². The molecule has 0 aliphatic carbocycles. The summed E-state index contributed by atoms with van der Waals surface area (Å²) in [6.45, 7) is -0.912. The number of carboxylic acids is 1. The van der Waals surface area contributed by atoms with Crippen LogP contribution in [0.4, 0.5) is 0 Å². The lowest BCUT2D eigenvalue weighted by Crippen LogP contribution is -2.46. The first-order valence-corrected chi connectivity index (χ1v) is 11.3. The van der Waals surface area contributed by atoms with E-state index >= 15 is 0 Å². The smallest absolute Gasteiger partial charge is 0.341 e. The molecule has 0 atom stereocenters. The van der Waals surface area contributed by atoms with Gasteiger partial charge in [0.2, 0.25) is 0 Å². The van der Waals surface area contributed by atoms with Crippen LogP contribution < -0.4 is 14.9 Å². The van der Waals surface area contributed by atoms with Crippen LogP contribution in [0, 0.1) is 0 Å². The van der Waals surface area contributed by atoms with Crippen LogP contribution in [0.25, 0.3) is 6.08 Å². The number of thioether (sulfide) groups is 1. The Kier molecular flexibility index (Phi) is 8.44. The third kappa shape index (κ3) is 6.75. The van der Waals surface area contributed by atoms with Gasteiger partial charge in [-0.1, -0.05) is 58.7 Å². The van der Waals surface area contributed by atoms with Crippen LogP contribution in [0.15, 0.2) is 41.3 Å². The van der Waals surface area contributed by atoms with Gasteiger partial charge in [-0.3, -0.25) is 15.0 Å². The molecule has 2 aromatic rings. The van der Waals surface area contributed by atoms with Gasteiger partial charge in [0.15, 0.2) is 17.5 Å². The van der Waals surface area contributed by atoms with Crippen LogP contribution in [0.2, 0.25) is 15.1 Å². The summed E-state index contributed by atoms with van der Waals surface area (Å²) in [7, 11) is 0. The number of carbonyl (C=O) groups is 3. The van der Waals surface area contributed by atoms with Crippen molar-refractivity contribution in [1.82, 2.24) is 10.4 Å². The number of amides is 2. The number of carboxylic acid groups (broad SMARTS) is 1. The fraction of sp³-hybridized carbons (Fsp3) is 0.100. The van der Waals surface area contributed by atoms with E-state index in [9.17, 15) is 14.4 Å². The molecule has 3 rings (SSSR count). The first-order chi connectivity index (χ1) is 15.6. The van der Waals surface area contributed by atoms with Gasteiger partial charge in [-0.25, -0.2) is 4.79 Å². The zero-order valence-corrected chi connectivity index (χ0v) is 20.2. The molecule has 1 heterocycles. The summed E-state index contributed by atoms with van der Waals surface area (Å²) < 4.78 is 10.5. The van der Waals surface area contributed by atoms with Gasteiger partial charge in [-0.05, 0) is 42.1 Å². The van der Waals surface area contributed by atoms with E-state index in [1.165, 1.54) is 12.1 Å². The predicted molar refractivity (Wildman–Crippen MR) is 130 cm³/mol. The number of carbonyl (C=O) groups excluding carboxylic acids is 2. The molecule has 1 aliphatic heterocycles. The molecule has 0 saturated carbocycles. The average Bonchev–Trinajstić information content (AvgIpc) is 3.02. The highest BCUT2D eigenvalue weighted by molar-refractivity contribution is 8.26. The van der Waals surface area contributed by atoms with Crippen molar-refractivity contribution in [1.29, 1.82) is 0 Å². The third-order valence-corrected chi connectivity index (χ3v) is 6.22. The van der Waals surface area contributed by atoms with Crippen molar-refractivity contribution in [2.45, 2.75) is 0 Å². The largest absolute Gasteiger partial charge is 0.482 e. The quantitative estimate of drug-likeness (QED) is 0.284. The number of benzene rings is 2. The number of hydrogen-bond donors (Lipinski definition) is 2. The SMILES string of the molecule is O=C(O)COc1ccc(/C=C2\SC(=S)N(NC(=O)COc3cc(Cl)c(Cl)cc3Cl)C2=O)cc1. The van der Waals surface area contributed by atoms with Gasteiger partial charge in [0.05, 0.1) is 20.0 Å². The number of hydrazine groups is 1. The van der Waals surface area contributed by atoms with Gasteiger partial charge in [0, 0.05) is 6.07 Å². The maximum atomic E-state index is 12.7. The molecule has 0 spiro atoms. The molecule has 2 amide bonds. The summed E-state index contributed by atoms with van der Waals surface area (Å²) in [4.78, 5) is 35.8. The zero-order chi connectivity index (χ0) is 24.1. The minimum atomic E-state index is -1.09. The number of thiocarbonyl (C=S) groups is 1. The maximum absolute atomic E-state index is 12.7. The highest BCUT2D eigenvalue weighted by atomic mass is 35.5. The maximum Gasteiger partial charge on any atom is 0.341 e. The van der Waals surface area contributed by atoms with Crippen molar-refractivity contribution in [2.75, 3.05) is 13.2 Å². The Labute approximate surface area is 212 Å². The summed E-state index contributed by atoms with van der Waals surface area (Å²) >= 11 is 24.0. The summed E-state index contributed by atoms with van der Waals surface area (Å²) in [6, 6.07) is 9.20. The van der Waals surface area contributed by atoms with E-state index in [4.69, 9.17) is 61.6 Å². The molecule has 2 aromatic carbocycles. The Hall–Kier alpha value is -2.50. The molecule has 1 saturated heterocycles. The number of aliphatic carboxylic acids is 1. The summed E-state index contributed by atoms with van der Waals surface area (Å²) in [5.74, 6) is -1.72. The molecule has 0 bridgehead atoms. The van der Waals surface area contributed by atoms with Crippen LogP contribution in [-0.4, -0.2) is 45.4 Å². The normalized spacial score (nSPS) is 14.5. The van der Waals surface area contributed by atoms with Crippen LogP contribution in [0.1, 0.15) is 5.56 Å². The second-order valence-corrected chi connectivity index (χ2v) is 9.19. The molecule has 0 aromatic heterocycles. The highest BCUT2D eigenvalue weighted by Gasteiger charge is 2.33. The Morgan fingerprint density at radius 2 is 1.73 bits per heavy atom. The van der Waals surface area contributed by atoms with Crippen LogP contribution >= 0.6 is 58.8 Å². The Balaban J connectivity index is 1.60. The lowest BCUT2D eigenvalue weighted by Gasteiger charge is -2.16. The van der Waals surface area contributed by atoms with Crippen LogP contribution in [0.3, 0.4) is 0 Å². The molecular weight excluding hydrogens is 535 g/mol. The lowest BCUT2D eigenvalue weighted by molar-refractivity contribution is -0.139. The molecule has 33 heavy (non-hydrogen) atoms. The van der Waals surface area contributed by atoms with Crippen molar-refractivity contribution < 1.29 is 29.0 Å². The number of halogens is 3. The molecular formula is C20H13Cl3N2O6S2. The fourth-order valence-electron chi connectivity index (χ4n) is 2.44. The highest BCUT2D eigenvalue weighted by Crippen LogP contribution is 2.34. The van der Waals surface area contributed by atoms with E-state index < -0.39 is 31.0 Å². The number of rotatable bonds is 8. The van der Waals surface area contributed by atoms with Crippen LogP contribution in [-0.2, 0) is 14.4 Å². The standard InChI is InChI=1S/C20H13Cl3N2O6S2/c21-12-6-14(23)15(7-13(12)22)31-8-17(26)24-25-19(29)16(33-20(25)32)5-10-1-3-11(4-2-10)30-9-18(27)28/h1-7H,8-9H2,(H,24,26)(H,27,28)/b16-5-. The van der Waals surface area contributed by atoms with E-state index in [1.807, 2.05) is 0 Å². The Morgan fingerprint density at radius 1 is 1.06 bits per heavy atom. The van der Waals surface area contributed by atoms with E-state index in [2.05, 4.69) is 5.43 Å². The molecule has 0 radical (unpaired) electrons.